The molecule has 0 saturated carbocycles. The van der Waals surface area contributed by atoms with Crippen molar-refractivity contribution in [2.24, 2.45) is 0 Å². The molecular formula is C38H28IrN4O+. The Morgan fingerprint density at radius 2 is 1.84 bits per heavy atom. The van der Waals surface area contributed by atoms with E-state index in [0.29, 0.717) is 22.4 Å². The summed E-state index contributed by atoms with van der Waals surface area (Å²) < 4.78 is 77.6. The van der Waals surface area contributed by atoms with Crippen LogP contribution < -0.4 is 4.57 Å². The normalized spacial score (nSPS) is 14.9. The molecule has 8 rings (SSSR count). The molecule has 8 aromatic rings. The number of pyridine rings is 2. The van der Waals surface area contributed by atoms with Crippen molar-refractivity contribution in [3.63, 3.8) is 0 Å². The smallest absolute Gasteiger partial charge is 0.464 e. The Hall–Kier alpha value is -5.08. The number of hydrogen-bond acceptors (Lipinski definition) is 3. The van der Waals surface area contributed by atoms with Crippen molar-refractivity contribution in [2.75, 3.05) is 0 Å². The second kappa shape index (κ2) is 11.2. The Morgan fingerprint density at radius 1 is 0.977 bits per heavy atom. The van der Waals surface area contributed by atoms with Gasteiger partial charge in [0.2, 0.25) is 0 Å². The molecule has 0 fully saturated rings. The number of aryl methyl sites for hydroxylation is 3. The van der Waals surface area contributed by atoms with Crippen LogP contribution in [-0.4, -0.2) is 9.38 Å². The molecule has 0 atom stereocenters. The summed E-state index contributed by atoms with van der Waals surface area (Å²) >= 11 is 0. The predicted octanol–water partition coefficient (Wildman–Crippen LogP) is 8.60. The molecular weight excluding hydrogens is 721 g/mol. The molecule has 0 spiro atoms. The largest absolute Gasteiger partial charge is 3.00 e. The standard InChI is InChI=1S/C22H10N3O.C16H18N.Ir/c23-12-13-9-10-19-16(11-13)20-21(26-19)14-5-1-2-6-15(14)22-24-17-7-3-4-8-18(17)25(20)22;1-11-6-7-15(13(3)8-11)16-9-12(2)14(4)10-17(16)5;/h1-5,7-11H;6-10H,3,5H2,1-2,4H3;/q2*-1;+3/i;1D3,2D3,4D3;. The van der Waals surface area contributed by atoms with Crippen molar-refractivity contribution in [2.45, 2.75) is 20.6 Å². The second-order valence-corrected chi connectivity index (χ2v) is 10.1. The van der Waals surface area contributed by atoms with Gasteiger partial charge in [-0.2, -0.15) is 23.8 Å². The average Bonchev–Trinajstić information content (AvgIpc) is 3.66. The van der Waals surface area contributed by atoms with Crippen molar-refractivity contribution < 1.29 is 41.4 Å². The monoisotopic (exact) mass is 758 g/mol. The molecule has 0 aliphatic rings. The van der Waals surface area contributed by atoms with Crippen LogP contribution in [-0.2, 0) is 20.1 Å². The molecule has 4 heterocycles. The molecule has 6 heteroatoms. The van der Waals surface area contributed by atoms with Crippen LogP contribution in [0.1, 0.15) is 40.2 Å². The van der Waals surface area contributed by atoms with Crippen molar-refractivity contribution in [3.05, 3.63) is 139 Å². The minimum Gasteiger partial charge on any atom is -0.464 e. The first kappa shape index (κ1) is 20.0. The first-order chi connectivity index (χ1) is 24.5. The zero-order valence-corrected chi connectivity index (χ0v) is 25.5. The summed E-state index contributed by atoms with van der Waals surface area (Å²) in [4.78, 5) is 4.85. The molecule has 0 saturated heterocycles. The quantitative estimate of drug-likeness (QED) is 0.125. The molecule has 0 unspecified atom stereocenters. The van der Waals surface area contributed by atoms with Gasteiger partial charge in [-0.15, -0.1) is 41.5 Å². The molecule has 44 heavy (non-hydrogen) atoms. The number of benzene rings is 4. The van der Waals surface area contributed by atoms with Gasteiger partial charge in [-0.25, -0.2) is 0 Å². The van der Waals surface area contributed by atoms with Crippen LogP contribution in [0, 0.1) is 51.9 Å². The van der Waals surface area contributed by atoms with Gasteiger partial charge in [0.1, 0.15) is 11.2 Å². The third-order valence-corrected chi connectivity index (χ3v) is 7.45. The molecule has 0 aliphatic carbocycles. The van der Waals surface area contributed by atoms with Gasteiger partial charge in [0.05, 0.1) is 45.7 Å². The number of furan rings is 1. The molecule has 0 N–H and O–H groups in total. The average molecular weight is 758 g/mol. The first-order valence-electron chi connectivity index (χ1n) is 17.8. The van der Waals surface area contributed by atoms with E-state index in [1.54, 1.807) is 6.07 Å². The van der Waals surface area contributed by atoms with Crippen LogP contribution in [0.2, 0.25) is 0 Å². The van der Waals surface area contributed by atoms with E-state index in [4.69, 9.17) is 21.7 Å². The predicted molar refractivity (Wildman–Crippen MR) is 173 cm³/mol. The van der Waals surface area contributed by atoms with Crippen LogP contribution in [0.3, 0.4) is 0 Å². The van der Waals surface area contributed by atoms with Crippen molar-refractivity contribution in [1.82, 2.24) is 9.38 Å². The van der Waals surface area contributed by atoms with Crippen LogP contribution in [0.25, 0.3) is 60.8 Å². The van der Waals surface area contributed by atoms with Gasteiger partial charge < -0.3 is 13.4 Å². The SMILES string of the molecule is N#Cc1ccc2oc3c4ccc[c-]c4c4nc5ccccc5n4c3c2c1.[2H]C([2H])([2H])c1ccc(-c2cc(C([2H])([2H])[2H])c(C([2H])([2H])[2H])c[n+]2[CH2-])c([CH2-])c1.[Ir+3]. The molecule has 4 aromatic carbocycles. The fourth-order valence-corrected chi connectivity index (χ4v) is 5.46. The molecule has 4 aromatic heterocycles. The molecule has 0 radical (unpaired) electrons. The molecule has 5 nitrogen and oxygen atoms in total. The minimum atomic E-state index is -2.63. The van der Waals surface area contributed by atoms with E-state index >= 15 is 0 Å². The number of para-hydroxylation sites is 2. The minimum absolute atomic E-state index is 0. The fraction of sp³-hybridized carbons (Fsp3) is 0.0789. The van der Waals surface area contributed by atoms with Gasteiger partial charge in [-0.05, 0) is 49.6 Å². The van der Waals surface area contributed by atoms with Gasteiger partial charge in [0, 0.05) is 24.8 Å². The second-order valence-electron chi connectivity index (χ2n) is 10.1. The molecule has 0 bridgehead atoms. The van der Waals surface area contributed by atoms with Crippen LogP contribution >= 0.6 is 0 Å². The number of rotatable bonds is 1. The van der Waals surface area contributed by atoms with Gasteiger partial charge in [-0.1, -0.05) is 47.5 Å². The van der Waals surface area contributed by atoms with Crippen LogP contribution in [0.4, 0.5) is 0 Å². The van der Waals surface area contributed by atoms with Crippen LogP contribution in [0.5, 0.6) is 0 Å². The number of nitriles is 1. The number of hydrogen-bond donors (Lipinski definition) is 0. The maximum absolute atomic E-state index is 9.32. The Morgan fingerprint density at radius 3 is 2.64 bits per heavy atom. The summed E-state index contributed by atoms with van der Waals surface area (Å²) in [5.74, 6) is 0. The van der Waals surface area contributed by atoms with Crippen molar-refractivity contribution >= 4 is 49.5 Å². The topological polar surface area (TPSA) is 58.1 Å². The molecule has 214 valence electrons. The Bertz CT molecular complexity index is 2760. The molecule has 0 amide bonds. The van der Waals surface area contributed by atoms with Crippen molar-refractivity contribution in [3.8, 4) is 17.3 Å². The zero-order chi connectivity index (χ0) is 37.3. The maximum Gasteiger partial charge on any atom is 3.00 e. The number of fused-ring (bicyclic) bond motifs is 10. The van der Waals surface area contributed by atoms with Gasteiger partial charge in [0.25, 0.3) is 0 Å². The zero-order valence-electron chi connectivity index (χ0n) is 32.1. The van der Waals surface area contributed by atoms with E-state index in [1.807, 2.05) is 48.5 Å². The van der Waals surface area contributed by atoms with E-state index in [0.717, 1.165) is 49.5 Å². The Kier molecular flexibility index (Phi) is 5.09. The maximum atomic E-state index is 9.32. The summed E-state index contributed by atoms with van der Waals surface area (Å²) in [5.41, 5.74) is 6.54. The summed E-state index contributed by atoms with van der Waals surface area (Å²) in [6.07, 6.45) is 1.17. The van der Waals surface area contributed by atoms with E-state index in [2.05, 4.69) is 36.6 Å². The van der Waals surface area contributed by atoms with Crippen LogP contribution in [0.15, 0.2) is 95.5 Å². The van der Waals surface area contributed by atoms with Gasteiger partial charge in [-0.3, -0.25) is 4.98 Å². The Labute approximate surface area is 282 Å². The summed E-state index contributed by atoms with van der Waals surface area (Å²) in [5, 5.41) is 12.1. The summed E-state index contributed by atoms with van der Waals surface area (Å²) in [6, 6.07) is 30.5. The van der Waals surface area contributed by atoms with E-state index in [1.165, 1.54) is 35.0 Å². The molecule has 0 aliphatic heterocycles. The Balaban J connectivity index is 0.000000178. The third kappa shape index (κ3) is 4.68. The van der Waals surface area contributed by atoms with E-state index < -0.39 is 20.6 Å². The van der Waals surface area contributed by atoms with Crippen molar-refractivity contribution in [1.29, 1.82) is 5.26 Å². The van der Waals surface area contributed by atoms with E-state index in [-0.39, 0.29) is 36.8 Å². The fourth-order valence-electron chi connectivity index (χ4n) is 5.46. The van der Waals surface area contributed by atoms with Gasteiger partial charge >= 0.3 is 20.1 Å². The third-order valence-electron chi connectivity index (χ3n) is 7.45. The number of nitrogens with zero attached hydrogens (tertiary/aromatic N) is 4. The summed E-state index contributed by atoms with van der Waals surface area (Å²) in [7, 11) is 3.75. The van der Waals surface area contributed by atoms with Gasteiger partial charge in [0.15, 0.2) is 0 Å². The first-order valence-corrected chi connectivity index (χ1v) is 13.3. The van der Waals surface area contributed by atoms with E-state index in [9.17, 15) is 5.26 Å². The number of imidazole rings is 1. The number of aromatic nitrogens is 3. The summed E-state index contributed by atoms with van der Waals surface area (Å²) in [6.45, 7) is -3.70.